The molecule has 0 spiro atoms. The van der Waals surface area contributed by atoms with E-state index in [9.17, 15) is 0 Å². The minimum absolute atomic E-state index is 0.0630. The average molecular weight is 239 g/mol. The van der Waals surface area contributed by atoms with Crippen molar-refractivity contribution in [2.75, 3.05) is 19.8 Å². The summed E-state index contributed by atoms with van der Waals surface area (Å²) in [4.78, 5) is 0. The topological polar surface area (TPSA) is 61.7 Å². The first-order valence-electron chi connectivity index (χ1n) is 5.88. The lowest BCUT2D eigenvalue weighted by Crippen LogP contribution is -2.35. The average Bonchev–Trinajstić information content (AvgIpc) is 2.34. The lowest BCUT2D eigenvalue weighted by Gasteiger charge is -2.14. The number of aryl methyl sites for hydroxylation is 1. The van der Waals surface area contributed by atoms with E-state index in [4.69, 9.17) is 14.9 Å². The molecule has 0 amide bonds. The summed E-state index contributed by atoms with van der Waals surface area (Å²) in [5.41, 5.74) is 2.20. The van der Waals surface area contributed by atoms with Crippen molar-refractivity contribution >= 4 is 0 Å². The number of ether oxygens (including phenoxy) is 1. The molecule has 0 saturated heterocycles. The molecule has 0 bridgehead atoms. The predicted molar refractivity (Wildman–Crippen MR) is 67.1 cm³/mol. The number of rotatable bonds is 7. The van der Waals surface area contributed by atoms with Crippen molar-refractivity contribution in [2.45, 2.75) is 26.4 Å². The molecular weight excluding hydrogens is 218 g/mol. The van der Waals surface area contributed by atoms with E-state index in [0.29, 0.717) is 13.2 Å². The van der Waals surface area contributed by atoms with Gasteiger partial charge in [0.2, 0.25) is 0 Å². The summed E-state index contributed by atoms with van der Waals surface area (Å²) in [6.07, 6.45) is 0. The largest absolute Gasteiger partial charge is 0.494 e. The van der Waals surface area contributed by atoms with Gasteiger partial charge < -0.3 is 20.3 Å². The van der Waals surface area contributed by atoms with Crippen LogP contribution in [0.1, 0.15) is 18.1 Å². The van der Waals surface area contributed by atoms with Crippen molar-refractivity contribution in [2.24, 2.45) is 0 Å². The van der Waals surface area contributed by atoms with Crippen molar-refractivity contribution in [1.82, 2.24) is 5.32 Å². The molecule has 0 aliphatic heterocycles. The van der Waals surface area contributed by atoms with E-state index < -0.39 is 0 Å². The zero-order valence-electron chi connectivity index (χ0n) is 10.4. The van der Waals surface area contributed by atoms with E-state index in [2.05, 4.69) is 5.32 Å². The van der Waals surface area contributed by atoms with Crippen LogP contribution in [0.2, 0.25) is 0 Å². The first-order chi connectivity index (χ1) is 8.21. The maximum absolute atomic E-state index is 8.93. The summed E-state index contributed by atoms with van der Waals surface area (Å²) >= 11 is 0. The highest BCUT2D eigenvalue weighted by Crippen LogP contribution is 2.18. The van der Waals surface area contributed by atoms with Gasteiger partial charge in [0.25, 0.3) is 0 Å². The molecule has 4 nitrogen and oxygen atoms in total. The summed E-state index contributed by atoms with van der Waals surface area (Å²) < 4.78 is 5.46. The number of aliphatic hydroxyl groups excluding tert-OH is 2. The van der Waals surface area contributed by atoms with Crippen LogP contribution in [0.15, 0.2) is 18.2 Å². The SMILES string of the molecule is CCOc1ccc(CNC(CO)CO)cc1C. The summed E-state index contributed by atoms with van der Waals surface area (Å²) in [5.74, 6) is 0.900. The van der Waals surface area contributed by atoms with E-state index >= 15 is 0 Å². The van der Waals surface area contributed by atoms with E-state index in [-0.39, 0.29) is 19.3 Å². The second kappa shape index (κ2) is 7.27. The molecule has 0 unspecified atom stereocenters. The lowest BCUT2D eigenvalue weighted by molar-refractivity contribution is 0.170. The van der Waals surface area contributed by atoms with Gasteiger partial charge in [-0.05, 0) is 31.0 Å². The molecule has 96 valence electrons. The molecule has 0 aliphatic rings. The summed E-state index contributed by atoms with van der Waals surface area (Å²) in [7, 11) is 0. The second-order valence-electron chi connectivity index (χ2n) is 3.98. The van der Waals surface area contributed by atoms with Gasteiger partial charge in [0.15, 0.2) is 0 Å². The van der Waals surface area contributed by atoms with E-state index in [1.807, 2.05) is 32.0 Å². The van der Waals surface area contributed by atoms with Crippen molar-refractivity contribution in [3.8, 4) is 5.75 Å². The first-order valence-corrected chi connectivity index (χ1v) is 5.88. The van der Waals surface area contributed by atoms with Gasteiger partial charge in [-0.2, -0.15) is 0 Å². The van der Waals surface area contributed by atoms with Crippen LogP contribution in [0.4, 0.5) is 0 Å². The molecule has 0 heterocycles. The molecule has 0 saturated carbocycles. The second-order valence-corrected chi connectivity index (χ2v) is 3.98. The van der Waals surface area contributed by atoms with Crippen molar-refractivity contribution in [3.05, 3.63) is 29.3 Å². The molecular formula is C13H21NO3. The highest BCUT2D eigenvalue weighted by molar-refractivity contribution is 5.36. The Kier molecular flexibility index (Phi) is 5.97. The Bertz CT molecular complexity index is 337. The molecule has 0 aromatic heterocycles. The number of hydrogen-bond donors (Lipinski definition) is 3. The number of aliphatic hydroxyl groups is 2. The Balaban J connectivity index is 2.58. The number of benzene rings is 1. The Hall–Kier alpha value is -1.10. The molecule has 1 aromatic carbocycles. The van der Waals surface area contributed by atoms with Gasteiger partial charge in [-0.3, -0.25) is 0 Å². The molecule has 17 heavy (non-hydrogen) atoms. The molecule has 0 aliphatic carbocycles. The normalized spacial score (nSPS) is 10.9. The smallest absolute Gasteiger partial charge is 0.122 e. The third-order valence-electron chi connectivity index (χ3n) is 2.57. The van der Waals surface area contributed by atoms with Crippen LogP contribution in [0, 0.1) is 6.92 Å². The highest BCUT2D eigenvalue weighted by atomic mass is 16.5. The summed E-state index contributed by atoms with van der Waals surface area (Å²) in [6.45, 7) is 5.12. The van der Waals surface area contributed by atoms with E-state index in [1.54, 1.807) is 0 Å². The maximum Gasteiger partial charge on any atom is 0.122 e. The summed E-state index contributed by atoms with van der Waals surface area (Å²) in [5, 5.41) is 20.9. The zero-order chi connectivity index (χ0) is 12.7. The van der Waals surface area contributed by atoms with Gasteiger partial charge in [0, 0.05) is 6.54 Å². The van der Waals surface area contributed by atoms with E-state index in [1.165, 1.54) is 0 Å². The Morgan fingerprint density at radius 2 is 2.00 bits per heavy atom. The van der Waals surface area contributed by atoms with Crippen LogP contribution < -0.4 is 10.1 Å². The van der Waals surface area contributed by atoms with Crippen LogP contribution >= 0.6 is 0 Å². The van der Waals surface area contributed by atoms with E-state index in [0.717, 1.165) is 16.9 Å². The maximum atomic E-state index is 8.93. The zero-order valence-corrected chi connectivity index (χ0v) is 10.4. The lowest BCUT2D eigenvalue weighted by atomic mass is 10.1. The molecule has 0 atom stereocenters. The molecule has 3 N–H and O–H groups in total. The Labute approximate surface area is 102 Å². The molecule has 0 fully saturated rings. The van der Waals surface area contributed by atoms with Crippen LogP contribution in [0.5, 0.6) is 5.75 Å². The Morgan fingerprint density at radius 1 is 1.29 bits per heavy atom. The standard InChI is InChI=1S/C13H21NO3/c1-3-17-13-5-4-11(6-10(13)2)7-14-12(8-15)9-16/h4-6,12,14-16H,3,7-9H2,1-2H3. The monoisotopic (exact) mass is 239 g/mol. The molecule has 4 heteroatoms. The fourth-order valence-electron chi connectivity index (χ4n) is 1.59. The van der Waals surface area contributed by atoms with Crippen LogP contribution in [-0.4, -0.2) is 36.1 Å². The third kappa shape index (κ3) is 4.34. The quantitative estimate of drug-likeness (QED) is 0.660. The first kappa shape index (κ1) is 14.0. The predicted octanol–water partition coefficient (Wildman–Crippen LogP) is 0.837. The van der Waals surface area contributed by atoms with Crippen LogP contribution in [-0.2, 0) is 6.54 Å². The van der Waals surface area contributed by atoms with Gasteiger partial charge in [-0.1, -0.05) is 12.1 Å². The minimum Gasteiger partial charge on any atom is -0.494 e. The minimum atomic E-state index is -0.262. The Morgan fingerprint density at radius 3 is 2.53 bits per heavy atom. The van der Waals surface area contributed by atoms with Gasteiger partial charge in [-0.25, -0.2) is 0 Å². The van der Waals surface area contributed by atoms with Gasteiger partial charge in [0.1, 0.15) is 5.75 Å². The number of nitrogens with one attached hydrogen (secondary N) is 1. The van der Waals surface area contributed by atoms with Crippen molar-refractivity contribution in [1.29, 1.82) is 0 Å². The molecule has 1 aromatic rings. The van der Waals surface area contributed by atoms with Gasteiger partial charge in [-0.15, -0.1) is 0 Å². The van der Waals surface area contributed by atoms with Crippen molar-refractivity contribution < 1.29 is 14.9 Å². The van der Waals surface area contributed by atoms with Crippen LogP contribution in [0.25, 0.3) is 0 Å². The van der Waals surface area contributed by atoms with Gasteiger partial charge >= 0.3 is 0 Å². The van der Waals surface area contributed by atoms with Crippen LogP contribution in [0.3, 0.4) is 0 Å². The molecule has 0 radical (unpaired) electrons. The fraction of sp³-hybridized carbons (Fsp3) is 0.538. The van der Waals surface area contributed by atoms with Gasteiger partial charge in [0.05, 0.1) is 25.9 Å². The number of hydrogen-bond acceptors (Lipinski definition) is 4. The highest BCUT2D eigenvalue weighted by Gasteiger charge is 2.05. The third-order valence-corrected chi connectivity index (χ3v) is 2.57. The summed E-state index contributed by atoms with van der Waals surface area (Å²) in [6, 6.07) is 5.71. The fourth-order valence-corrected chi connectivity index (χ4v) is 1.59. The molecule has 1 rings (SSSR count). The van der Waals surface area contributed by atoms with Crippen molar-refractivity contribution in [3.63, 3.8) is 0 Å².